The second-order valence-electron chi connectivity index (χ2n) is 4.24. The van der Waals surface area contributed by atoms with E-state index in [1.807, 2.05) is 13.0 Å². The third-order valence-corrected chi connectivity index (χ3v) is 3.17. The molecule has 0 saturated carbocycles. The van der Waals surface area contributed by atoms with Crippen molar-refractivity contribution in [1.29, 1.82) is 0 Å². The Balaban J connectivity index is 2.04. The van der Waals surface area contributed by atoms with Gasteiger partial charge in [0.1, 0.15) is 5.78 Å². The second kappa shape index (κ2) is 5.26. The lowest BCUT2D eigenvalue weighted by molar-refractivity contribution is -0.119. The minimum absolute atomic E-state index is 0.125. The van der Waals surface area contributed by atoms with E-state index >= 15 is 0 Å². The molecule has 1 aromatic rings. The molecule has 0 saturated heterocycles. The number of ether oxygens (including phenoxy) is 1. The zero-order valence-electron chi connectivity index (χ0n) is 9.74. The molecule has 0 spiro atoms. The Bertz CT molecular complexity index is 371. The summed E-state index contributed by atoms with van der Waals surface area (Å²) in [6.07, 6.45) is 3.21. The zero-order valence-corrected chi connectivity index (χ0v) is 9.74. The lowest BCUT2D eigenvalue weighted by Crippen LogP contribution is -2.17. The summed E-state index contributed by atoms with van der Waals surface area (Å²) in [6.45, 7) is 2.69. The lowest BCUT2D eigenvalue weighted by Gasteiger charge is -2.25. The number of hydrogen-bond donors (Lipinski definition) is 0. The number of Topliss-reactive ketones (excluding diaryl/α,β-unsaturated/α-hetero) is 1. The second-order valence-corrected chi connectivity index (χ2v) is 4.24. The predicted molar refractivity (Wildman–Crippen MR) is 63.4 cm³/mol. The fourth-order valence-electron chi connectivity index (χ4n) is 2.18. The quantitative estimate of drug-likeness (QED) is 0.776. The summed E-state index contributed by atoms with van der Waals surface area (Å²) in [7, 11) is 0. The van der Waals surface area contributed by atoms with E-state index in [1.165, 1.54) is 11.1 Å². The first-order valence-corrected chi connectivity index (χ1v) is 6.02. The average Bonchev–Trinajstić information content (AvgIpc) is 2.35. The molecule has 0 N–H and O–H groups in total. The van der Waals surface area contributed by atoms with E-state index in [4.69, 9.17) is 4.74 Å². The van der Waals surface area contributed by atoms with Gasteiger partial charge in [0.15, 0.2) is 0 Å². The number of hydrogen-bond acceptors (Lipinski definition) is 2. The van der Waals surface area contributed by atoms with Gasteiger partial charge in [-0.05, 0) is 24.0 Å². The lowest BCUT2D eigenvalue weighted by atomic mass is 9.94. The molecule has 0 aromatic heterocycles. The Morgan fingerprint density at radius 1 is 1.44 bits per heavy atom. The summed E-state index contributed by atoms with van der Waals surface area (Å²) < 4.78 is 5.75. The monoisotopic (exact) mass is 218 g/mol. The van der Waals surface area contributed by atoms with Gasteiger partial charge in [-0.3, -0.25) is 4.79 Å². The number of benzene rings is 1. The third kappa shape index (κ3) is 2.50. The van der Waals surface area contributed by atoms with E-state index in [1.54, 1.807) is 0 Å². The number of ketones is 1. The molecule has 2 heteroatoms. The first-order valence-electron chi connectivity index (χ1n) is 6.02. The van der Waals surface area contributed by atoms with E-state index in [0.717, 1.165) is 19.4 Å². The highest BCUT2D eigenvalue weighted by molar-refractivity contribution is 5.78. The van der Waals surface area contributed by atoms with Crippen molar-refractivity contribution in [1.82, 2.24) is 0 Å². The van der Waals surface area contributed by atoms with Crippen molar-refractivity contribution >= 4 is 5.78 Å². The van der Waals surface area contributed by atoms with E-state index in [2.05, 4.69) is 18.2 Å². The predicted octanol–water partition coefficient (Wildman–Crippen LogP) is 3.06. The fraction of sp³-hybridized carbons (Fsp3) is 0.500. The first-order chi connectivity index (χ1) is 7.81. The van der Waals surface area contributed by atoms with Crippen LogP contribution >= 0.6 is 0 Å². The van der Waals surface area contributed by atoms with Crippen LogP contribution in [0.2, 0.25) is 0 Å². The largest absolute Gasteiger partial charge is 0.373 e. The molecule has 0 fully saturated rings. The van der Waals surface area contributed by atoms with Crippen molar-refractivity contribution in [3.05, 3.63) is 35.4 Å². The van der Waals surface area contributed by atoms with Gasteiger partial charge >= 0.3 is 0 Å². The number of carbonyl (C=O) groups excluding carboxylic acids is 1. The molecule has 2 nitrogen and oxygen atoms in total. The van der Waals surface area contributed by atoms with Gasteiger partial charge in [-0.15, -0.1) is 0 Å². The Morgan fingerprint density at radius 3 is 3.06 bits per heavy atom. The van der Waals surface area contributed by atoms with Crippen molar-refractivity contribution in [2.75, 3.05) is 6.61 Å². The number of rotatable bonds is 4. The Morgan fingerprint density at radius 2 is 2.25 bits per heavy atom. The summed E-state index contributed by atoms with van der Waals surface area (Å²) >= 11 is 0. The van der Waals surface area contributed by atoms with Crippen LogP contribution in [0.15, 0.2) is 24.3 Å². The highest BCUT2D eigenvalue weighted by Crippen LogP contribution is 2.30. The van der Waals surface area contributed by atoms with Crippen LogP contribution in [0.3, 0.4) is 0 Å². The molecule has 16 heavy (non-hydrogen) atoms. The Labute approximate surface area is 96.6 Å². The van der Waals surface area contributed by atoms with Crippen LogP contribution in [0.5, 0.6) is 0 Å². The molecule has 1 heterocycles. The molecular weight excluding hydrogens is 200 g/mol. The molecule has 1 aliphatic heterocycles. The average molecular weight is 218 g/mol. The molecule has 1 atom stereocenters. The van der Waals surface area contributed by atoms with Crippen LogP contribution in [0.1, 0.15) is 43.4 Å². The van der Waals surface area contributed by atoms with Crippen molar-refractivity contribution < 1.29 is 9.53 Å². The summed E-state index contributed by atoms with van der Waals surface area (Å²) in [5.74, 6) is 0.326. The molecule has 0 amide bonds. The van der Waals surface area contributed by atoms with E-state index < -0.39 is 0 Å². The van der Waals surface area contributed by atoms with Crippen LogP contribution in [0.4, 0.5) is 0 Å². The molecule has 1 aromatic carbocycles. The molecule has 0 radical (unpaired) electrons. The minimum Gasteiger partial charge on any atom is -0.373 e. The summed E-state index contributed by atoms with van der Waals surface area (Å²) in [5.41, 5.74) is 2.65. The van der Waals surface area contributed by atoms with Gasteiger partial charge in [0.25, 0.3) is 0 Å². The molecule has 86 valence electrons. The van der Waals surface area contributed by atoms with Crippen molar-refractivity contribution in [2.45, 2.75) is 38.7 Å². The van der Waals surface area contributed by atoms with Gasteiger partial charge in [0.05, 0.1) is 12.7 Å². The van der Waals surface area contributed by atoms with Gasteiger partial charge in [-0.2, -0.15) is 0 Å². The van der Waals surface area contributed by atoms with Crippen molar-refractivity contribution in [2.24, 2.45) is 0 Å². The fourth-order valence-corrected chi connectivity index (χ4v) is 2.18. The van der Waals surface area contributed by atoms with Gasteiger partial charge in [0, 0.05) is 12.8 Å². The van der Waals surface area contributed by atoms with E-state index in [0.29, 0.717) is 18.6 Å². The number of fused-ring (bicyclic) bond motifs is 1. The van der Waals surface area contributed by atoms with Crippen LogP contribution in [-0.4, -0.2) is 12.4 Å². The maximum Gasteiger partial charge on any atom is 0.132 e. The molecule has 2 rings (SSSR count). The summed E-state index contributed by atoms with van der Waals surface area (Å²) in [5, 5.41) is 0. The maximum absolute atomic E-state index is 11.3. The van der Waals surface area contributed by atoms with E-state index in [9.17, 15) is 4.79 Å². The molecule has 1 aliphatic rings. The van der Waals surface area contributed by atoms with Gasteiger partial charge in [0.2, 0.25) is 0 Å². The topological polar surface area (TPSA) is 26.3 Å². The van der Waals surface area contributed by atoms with Crippen molar-refractivity contribution in [3.8, 4) is 0 Å². The van der Waals surface area contributed by atoms with Crippen LogP contribution < -0.4 is 0 Å². The number of carbonyl (C=O) groups is 1. The Kier molecular flexibility index (Phi) is 3.73. The van der Waals surface area contributed by atoms with Crippen LogP contribution in [0.25, 0.3) is 0 Å². The first kappa shape index (κ1) is 11.3. The molecular formula is C14H18O2. The normalized spacial score (nSPS) is 19.2. The Hall–Kier alpha value is -1.15. The van der Waals surface area contributed by atoms with Crippen LogP contribution in [0, 0.1) is 0 Å². The molecule has 0 aliphatic carbocycles. The van der Waals surface area contributed by atoms with Gasteiger partial charge in [-0.25, -0.2) is 0 Å². The maximum atomic E-state index is 11.3. The van der Waals surface area contributed by atoms with Crippen LogP contribution in [-0.2, 0) is 16.0 Å². The third-order valence-electron chi connectivity index (χ3n) is 3.17. The summed E-state index contributed by atoms with van der Waals surface area (Å²) in [6, 6.07) is 8.39. The van der Waals surface area contributed by atoms with Gasteiger partial charge < -0.3 is 4.74 Å². The molecule has 0 bridgehead atoms. The molecule has 1 unspecified atom stereocenters. The zero-order chi connectivity index (χ0) is 11.4. The van der Waals surface area contributed by atoms with E-state index in [-0.39, 0.29) is 6.10 Å². The van der Waals surface area contributed by atoms with Gasteiger partial charge in [-0.1, -0.05) is 31.2 Å². The van der Waals surface area contributed by atoms with Crippen molar-refractivity contribution in [3.63, 3.8) is 0 Å². The smallest absolute Gasteiger partial charge is 0.132 e. The standard InChI is InChI=1S/C14H18O2/c1-2-12(15)7-8-14-13-6-4-3-5-11(13)9-10-16-14/h3-6,14H,2,7-10H2,1H3. The highest BCUT2D eigenvalue weighted by Gasteiger charge is 2.20. The highest BCUT2D eigenvalue weighted by atomic mass is 16.5. The summed E-state index contributed by atoms with van der Waals surface area (Å²) in [4.78, 5) is 11.3. The minimum atomic E-state index is 0.125. The SMILES string of the molecule is CCC(=O)CCC1OCCc2ccccc21.